The van der Waals surface area contributed by atoms with Crippen molar-refractivity contribution in [3.05, 3.63) is 54.1 Å². The lowest BCUT2D eigenvalue weighted by Crippen LogP contribution is -2.35. The molecule has 1 aliphatic heterocycles. The third-order valence-electron chi connectivity index (χ3n) is 3.64. The lowest BCUT2D eigenvalue weighted by Gasteiger charge is -2.23. The molecule has 0 saturated carbocycles. The Hall–Kier alpha value is -1.90. The van der Waals surface area contributed by atoms with Gasteiger partial charge in [0.1, 0.15) is 4.90 Å². The van der Waals surface area contributed by atoms with Gasteiger partial charge < -0.3 is 0 Å². The zero-order chi connectivity index (χ0) is 16.7. The molecule has 0 aromatic heterocycles. The van der Waals surface area contributed by atoms with Gasteiger partial charge in [-0.05, 0) is 31.2 Å². The van der Waals surface area contributed by atoms with Crippen molar-refractivity contribution >= 4 is 25.7 Å². The lowest BCUT2D eigenvalue weighted by atomic mass is 10.2. The molecular weight excluding hydrogens is 336 g/mol. The zero-order valence-corrected chi connectivity index (χ0v) is 14.1. The van der Waals surface area contributed by atoms with Crippen molar-refractivity contribution in [1.82, 2.24) is 4.72 Å². The fourth-order valence-corrected chi connectivity index (χ4v) is 5.23. The Morgan fingerprint density at radius 3 is 2.39 bits per heavy atom. The Labute approximate surface area is 135 Å². The van der Waals surface area contributed by atoms with Gasteiger partial charge in [0.05, 0.1) is 10.6 Å². The molecule has 6 nitrogen and oxygen atoms in total. The Kier molecular flexibility index (Phi) is 3.91. The molecule has 0 unspecified atom stereocenters. The molecule has 0 atom stereocenters. The lowest BCUT2D eigenvalue weighted by molar-refractivity contribution is 0.582. The summed E-state index contributed by atoms with van der Waals surface area (Å²) in [5.41, 5.74) is 1.11. The van der Waals surface area contributed by atoms with Gasteiger partial charge >= 0.3 is 0 Å². The second kappa shape index (κ2) is 5.63. The van der Waals surface area contributed by atoms with Gasteiger partial charge in [-0.25, -0.2) is 21.6 Å². The molecule has 1 heterocycles. The summed E-state index contributed by atoms with van der Waals surface area (Å²) in [5, 5.41) is 0. The molecule has 0 aliphatic carbocycles. The minimum absolute atomic E-state index is 0.0160. The summed E-state index contributed by atoms with van der Waals surface area (Å²) in [4.78, 5) is 0.102. The van der Waals surface area contributed by atoms with Gasteiger partial charge in [0, 0.05) is 13.1 Å². The summed E-state index contributed by atoms with van der Waals surface area (Å²) in [6.45, 7) is 1.92. The number of hydrogen-bond acceptors (Lipinski definition) is 4. The maximum Gasteiger partial charge on any atom is 0.264 e. The highest BCUT2D eigenvalue weighted by Gasteiger charge is 2.32. The smallest absolute Gasteiger partial charge is 0.264 e. The molecule has 1 aliphatic rings. The number of rotatable bonds is 2. The molecule has 0 bridgehead atoms. The van der Waals surface area contributed by atoms with Crippen LogP contribution in [0.3, 0.4) is 0 Å². The minimum atomic E-state index is -3.84. The fraction of sp³-hybridized carbons (Fsp3) is 0.200. The summed E-state index contributed by atoms with van der Waals surface area (Å²) in [6.07, 6.45) is 0. The molecule has 2 aromatic rings. The summed E-state index contributed by atoms with van der Waals surface area (Å²) in [6, 6.07) is 12.6. The number of nitrogens with zero attached hydrogens (tertiary/aromatic N) is 1. The van der Waals surface area contributed by atoms with Gasteiger partial charge in [-0.15, -0.1) is 0 Å². The van der Waals surface area contributed by atoms with E-state index in [0.717, 1.165) is 9.87 Å². The number of para-hydroxylation sites is 1. The Morgan fingerprint density at radius 1 is 1.04 bits per heavy atom. The van der Waals surface area contributed by atoms with Crippen molar-refractivity contribution in [1.29, 1.82) is 0 Å². The van der Waals surface area contributed by atoms with E-state index in [4.69, 9.17) is 0 Å². The first kappa shape index (κ1) is 16.0. The van der Waals surface area contributed by atoms with Crippen LogP contribution in [-0.2, 0) is 20.0 Å². The number of fused-ring (bicyclic) bond motifs is 1. The number of aryl methyl sites for hydroxylation is 1. The molecule has 0 radical (unpaired) electrons. The summed E-state index contributed by atoms with van der Waals surface area (Å²) in [5.74, 6) is 0. The monoisotopic (exact) mass is 352 g/mol. The highest BCUT2D eigenvalue weighted by molar-refractivity contribution is 7.93. The predicted octanol–water partition coefficient (Wildman–Crippen LogP) is 1.48. The van der Waals surface area contributed by atoms with Crippen LogP contribution in [0.15, 0.2) is 58.3 Å². The van der Waals surface area contributed by atoms with Gasteiger partial charge in [0.25, 0.3) is 10.0 Å². The average Bonchev–Trinajstić information content (AvgIpc) is 2.65. The molecule has 0 spiro atoms. The van der Waals surface area contributed by atoms with Crippen LogP contribution in [0, 0.1) is 6.92 Å². The molecular formula is C15H16N2O4S2. The number of nitrogens with one attached hydrogen (secondary N) is 1. The van der Waals surface area contributed by atoms with Crippen LogP contribution in [0.4, 0.5) is 5.69 Å². The van der Waals surface area contributed by atoms with E-state index < -0.39 is 20.0 Å². The van der Waals surface area contributed by atoms with Gasteiger partial charge in [-0.1, -0.05) is 29.8 Å². The summed E-state index contributed by atoms with van der Waals surface area (Å²) in [7, 11) is -7.55. The number of benzene rings is 2. The van der Waals surface area contributed by atoms with Crippen LogP contribution in [0.2, 0.25) is 0 Å². The van der Waals surface area contributed by atoms with Crippen molar-refractivity contribution < 1.29 is 16.8 Å². The first-order valence-corrected chi connectivity index (χ1v) is 9.93. The number of anilines is 1. The van der Waals surface area contributed by atoms with E-state index in [1.54, 1.807) is 24.3 Å². The van der Waals surface area contributed by atoms with E-state index in [9.17, 15) is 16.8 Å². The average molecular weight is 352 g/mol. The summed E-state index contributed by atoms with van der Waals surface area (Å²) < 4.78 is 53.8. The van der Waals surface area contributed by atoms with Gasteiger partial charge in [-0.3, -0.25) is 4.31 Å². The highest BCUT2D eigenvalue weighted by atomic mass is 32.2. The van der Waals surface area contributed by atoms with E-state index in [-0.39, 0.29) is 28.6 Å². The van der Waals surface area contributed by atoms with Crippen molar-refractivity contribution in [3.63, 3.8) is 0 Å². The number of sulfonamides is 2. The molecule has 0 fully saturated rings. The molecule has 8 heteroatoms. The molecule has 0 saturated heterocycles. The van der Waals surface area contributed by atoms with Gasteiger partial charge in [0.15, 0.2) is 0 Å². The van der Waals surface area contributed by atoms with Crippen LogP contribution in [-0.4, -0.2) is 29.9 Å². The van der Waals surface area contributed by atoms with Crippen molar-refractivity contribution in [2.24, 2.45) is 0 Å². The molecule has 122 valence electrons. The maximum absolute atomic E-state index is 12.9. The largest absolute Gasteiger partial charge is 0.264 e. The second-order valence-electron chi connectivity index (χ2n) is 5.26. The minimum Gasteiger partial charge on any atom is -0.264 e. The molecule has 1 N–H and O–H groups in total. The van der Waals surface area contributed by atoms with Gasteiger partial charge in [0.2, 0.25) is 10.0 Å². The SMILES string of the molecule is Cc1ccc(S(=O)(=O)N2CCNS(=O)(=O)c3ccccc32)cc1. The fourth-order valence-electron chi connectivity index (χ4n) is 2.46. The predicted molar refractivity (Wildman–Crippen MR) is 87.3 cm³/mol. The van der Waals surface area contributed by atoms with E-state index in [1.165, 1.54) is 24.3 Å². The Morgan fingerprint density at radius 2 is 1.70 bits per heavy atom. The summed E-state index contributed by atoms with van der Waals surface area (Å²) >= 11 is 0. The van der Waals surface area contributed by atoms with E-state index in [0.29, 0.717) is 0 Å². The van der Waals surface area contributed by atoms with Crippen LogP contribution < -0.4 is 9.03 Å². The second-order valence-corrected chi connectivity index (χ2v) is 8.85. The first-order valence-electron chi connectivity index (χ1n) is 7.00. The molecule has 3 rings (SSSR count). The highest BCUT2D eigenvalue weighted by Crippen LogP contribution is 2.31. The topological polar surface area (TPSA) is 83.6 Å². The molecule has 23 heavy (non-hydrogen) atoms. The van der Waals surface area contributed by atoms with E-state index in [1.807, 2.05) is 6.92 Å². The molecule has 2 aromatic carbocycles. The van der Waals surface area contributed by atoms with E-state index >= 15 is 0 Å². The van der Waals surface area contributed by atoms with Crippen molar-refractivity contribution in [2.45, 2.75) is 16.7 Å². The quantitative estimate of drug-likeness (QED) is 0.887. The van der Waals surface area contributed by atoms with Crippen LogP contribution in [0.5, 0.6) is 0 Å². The van der Waals surface area contributed by atoms with E-state index in [2.05, 4.69) is 4.72 Å². The standard InChI is InChI=1S/C15H16N2O4S2/c1-12-6-8-13(9-7-12)23(20,21)17-11-10-16-22(18,19)15-5-3-2-4-14(15)17/h2-9,16H,10-11H2,1H3. The van der Waals surface area contributed by atoms with Crippen molar-refractivity contribution in [2.75, 3.05) is 17.4 Å². The zero-order valence-electron chi connectivity index (χ0n) is 12.4. The Balaban J connectivity index is 2.17. The van der Waals surface area contributed by atoms with Gasteiger partial charge in [-0.2, -0.15) is 0 Å². The van der Waals surface area contributed by atoms with Crippen LogP contribution >= 0.6 is 0 Å². The van der Waals surface area contributed by atoms with Crippen molar-refractivity contribution in [3.8, 4) is 0 Å². The Bertz CT molecular complexity index is 936. The molecule has 0 amide bonds. The number of hydrogen-bond donors (Lipinski definition) is 1. The third kappa shape index (κ3) is 2.85. The van der Waals surface area contributed by atoms with Crippen LogP contribution in [0.1, 0.15) is 5.56 Å². The third-order valence-corrected chi connectivity index (χ3v) is 6.98. The normalized spacial score (nSPS) is 17.3. The maximum atomic E-state index is 12.9. The first-order chi connectivity index (χ1) is 10.8. The van der Waals surface area contributed by atoms with Crippen LogP contribution in [0.25, 0.3) is 0 Å².